The number of aromatic nitrogens is 3. The van der Waals surface area contributed by atoms with Crippen molar-refractivity contribution in [1.29, 1.82) is 0 Å². The van der Waals surface area contributed by atoms with Gasteiger partial charge in [0.05, 0.1) is 0 Å². The van der Waals surface area contributed by atoms with E-state index in [1.165, 1.54) is 0 Å². The quantitative estimate of drug-likeness (QED) is 0.882. The molecule has 112 valence electrons. The van der Waals surface area contributed by atoms with E-state index in [9.17, 15) is 4.79 Å². The molecule has 1 amide bonds. The summed E-state index contributed by atoms with van der Waals surface area (Å²) in [5, 5.41) is 6.89. The summed E-state index contributed by atoms with van der Waals surface area (Å²) in [5.41, 5.74) is 0. The number of likely N-dealkylation sites (tertiary alicyclic amines) is 1. The van der Waals surface area contributed by atoms with Crippen LogP contribution in [0.25, 0.3) is 0 Å². The number of hydrogen-bond donors (Lipinski definition) is 1. The van der Waals surface area contributed by atoms with Crippen LogP contribution < -0.4 is 0 Å². The topological polar surface area (TPSA) is 65.1 Å². The third-order valence-electron chi connectivity index (χ3n) is 4.08. The molecule has 1 aromatic rings. The second-order valence-electron chi connectivity index (χ2n) is 5.44. The standard InChI is InChI=1S/C14H25N5O/c1-4-6-12-15-13(17-16-12)14(20)18(3)11-7-9-19(5-2)10-8-11/h11H,4-10H2,1-3H3,(H,15,16,17). The van der Waals surface area contributed by atoms with E-state index in [4.69, 9.17) is 0 Å². The fraction of sp³-hybridized carbons (Fsp3) is 0.786. The van der Waals surface area contributed by atoms with Crippen LogP contribution in [0.2, 0.25) is 0 Å². The average molecular weight is 279 g/mol. The molecule has 1 fully saturated rings. The lowest BCUT2D eigenvalue weighted by molar-refractivity contribution is 0.0635. The second kappa shape index (κ2) is 6.83. The van der Waals surface area contributed by atoms with E-state index in [0.29, 0.717) is 11.9 Å². The van der Waals surface area contributed by atoms with E-state index in [0.717, 1.165) is 51.1 Å². The highest BCUT2D eigenvalue weighted by Gasteiger charge is 2.27. The van der Waals surface area contributed by atoms with Gasteiger partial charge in [0.2, 0.25) is 5.82 Å². The van der Waals surface area contributed by atoms with Gasteiger partial charge >= 0.3 is 0 Å². The lowest BCUT2D eigenvalue weighted by atomic mass is 10.0. The maximum Gasteiger partial charge on any atom is 0.293 e. The number of carbonyl (C=O) groups excluding carboxylic acids is 1. The molecule has 0 spiro atoms. The highest BCUT2D eigenvalue weighted by molar-refractivity contribution is 5.90. The van der Waals surface area contributed by atoms with Crippen molar-refractivity contribution in [2.45, 2.75) is 45.6 Å². The van der Waals surface area contributed by atoms with Gasteiger partial charge in [0.15, 0.2) is 0 Å². The van der Waals surface area contributed by atoms with Crippen molar-refractivity contribution >= 4 is 5.91 Å². The number of aryl methyl sites for hydroxylation is 1. The van der Waals surface area contributed by atoms with Crippen LogP contribution in [0.3, 0.4) is 0 Å². The first-order valence-corrected chi connectivity index (χ1v) is 7.56. The Kier molecular flexibility index (Phi) is 5.11. The molecule has 0 saturated carbocycles. The zero-order chi connectivity index (χ0) is 14.5. The Morgan fingerprint density at radius 2 is 2.10 bits per heavy atom. The number of aromatic amines is 1. The van der Waals surface area contributed by atoms with Gasteiger partial charge in [0.25, 0.3) is 5.91 Å². The average Bonchev–Trinajstić information content (AvgIpc) is 2.95. The number of hydrogen-bond acceptors (Lipinski definition) is 4. The summed E-state index contributed by atoms with van der Waals surface area (Å²) in [5.74, 6) is 1.03. The lowest BCUT2D eigenvalue weighted by Gasteiger charge is -2.35. The van der Waals surface area contributed by atoms with Crippen LogP contribution in [0.4, 0.5) is 0 Å². The van der Waals surface area contributed by atoms with E-state index in [1.54, 1.807) is 0 Å². The number of carbonyl (C=O) groups is 1. The first-order valence-electron chi connectivity index (χ1n) is 7.56. The molecule has 0 bridgehead atoms. The second-order valence-corrected chi connectivity index (χ2v) is 5.44. The Morgan fingerprint density at radius 1 is 1.40 bits per heavy atom. The minimum Gasteiger partial charge on any atom is -0.336 e. The summed E-state index contributed by atoms with van der Waals surface area (Å²) in [4.78, 5) is 20.9. The van der Waals surface area contributed by atoms with Crippen LogP contribution in [0.1, 0.15) is 49.6 Å². The Labute approximate surface area is 120 Å². The van der Waals surface area contributed by atoms with E-state index in [2.05, 4.69) is 33.9 Å². The minimum atomic E-state index is -0.0708. The zero-order valence-corrected chi connectivity index (χ0v) is 12.7. The number of nitrogens with one attached hydrogen (secondary N) is 1. The van der Waals surface area contributed by atoms with E-state index >= 15 is 0 Å². The first-order chi connectivity index (χ1) is 9.65. The highest BCUT2D eigenvalue weighted by atomic mass is 16.2. The Bertz CT molecular complexity index is 437. The molecule has 0 unspecified atom stereocenters. The molecule has 20 heavy (non-hydrogen) atoms. The third-order valence-corrected chi connectivity index (χ3v) is 4.08. The third kappa shape index (κ3) is 3.36. The normalized spacial score (nSPS) is 17.4. The van der Waals surface area contributed by atoms with Gasteiger partial charge in [-0.3, -0.25) is 9.89 Å². The summed E-state index contributed by atoms with van der Waals surface area (Å²) in [7, 11) is 1.87. The summed E-state index contributed by atoms with van der Waals surface area (Å²) < 4.78 is 0. The van der Waals surface area contributed by atoms with Crippen LogP contribution in [0.5, 0.6) is 0 Å². The molecular weight excluding hydrogens is 254 g/mol. The van der Waals surface area contributed by atoms with Crippen LogP contribution in [-0.2, 0) is 6.42 Å². The molecule has 0 atom stereocenters. The monoisotopic (exact) mass is 279 g/mol. The van der Waals surface area contributed by atoms with Crippen molar-refractivity contribution in [2.75, 3.05) is 26.7 Å². The fourth-order valence-electron chi connectivity index (χ4n) is 2.69. The van der Waals surface area contributed by atoms with Gasteiger partial charge in [0.1, 0.15) is 5.82 Å². The molecule has 2 rings (SSSR count). The van der Waals surface area contributed by atoms with Gasteiger partial charge in [-0.1, -0.05) is 13.8 Å². The number of piperidine rings is 1. The molecule has 0 radical (unpaired) electrons. The molecule has 1 N–H and O–H groups in total. The maximum atomic E-state index is 12.4. The maximum absolute atomic E-state index is 12.4. The van der Waals surface area contributed by atoms with E-state index in [1.807, 2.05) is 11.9 Å². The van der Waals surface area contributed by atoms with Crippen LogP contribution in [-0.4, -0.2) is 63.6 Å². The van der Waals surface area contributed by atoms with Gasteiger partial charge in [-0.25, -0.2) is 4.98 Å². The van der Waals surface area contributed by atoms with Crippen LogP contribution >= 0.6 is 0 Å². The number of nitrogens with zero attached hydrogens (tertiary/aromatic N) is 4. The van der Waals surface area contributed by atoms with Crippen LogP contribution in [0, 0.1) is 0 Å². The minimum absolute atomic E-state index is 0.0708. The molecule has 2 heterocycles. The summed E-state index contributed by atoms with van der Waals surface area (Å²) in [6, 6.07) is 0.304. The predicted molar refractivity (Wildman–Crippen MR) is 77.6 cm³/mol. The van der Waals surface area contributed by atoms with Gasteiger partial charge in [-0.05, 0) is 25.8 Å². The van der Waals surface area contributed by atoms with Crippen molar-refractivity contribution < 1.29 is 4.79 Å². The molecule has 6 nitrogen and oxygen atoms in total. The Balaban J connectivity index is 1.94. The number of amides is 1. The summed E-state index contributed by atoms with van der Waals surface area (Å²) >= 11 is 0. The summed E-state index contributed by atoms with van der Waals surface area (Å²) in [6.45, 7) is 7.48. The summed E-state index contributed by atoms with van der Waals surface area (Å²) in [6.07, 6.45) is 3.89. The van der Waals surface area contributed by atoms with E-state index in [-0.39, 0.29) is 5.91 Å². The SMILES string of the molecule is CCCc1nc(C(=O)N(C)C2CCN(CC)CC2)n[nH]1. The molecule has 1 aromatic heterocycles. The molecule has 1 aliphatic heterocycles. The van der Waals surface area contributed by atoms with Gasteiger partial charge < -0.3 is 9.80 Å². The number of rotatable bonds is 5. The Morgan fingerprint density at radius 3 is 2.70 bits per heavy atom. The molecule has 0 aliphatic carbocycles. The lowest BCUT2D eigenvalue weighted by Crippen LogP contribution is -2.45. The molecule has 0 aromatic carbocycles. The molecule has 6 heteroatoms. The smallest absolute Gasteiger partial charge is 0.293 e. The molecule has 1 aliphatic rings. The van der Waals surface area contributed by atoms with Crippen LogP contribution in [0.15, 0.2) is 0 Å². The van der Waals surface area contributed by atoms with Gasteiger partial charge in [0, 0.05) is 32.6 Å². The zero-order valence-electron chi connectivity index (χ0n) is 12.7. The van der Waals surface area contributed by atoms with Crippen molar-refractivity contribution in [2.24, 2.45) is 0 Å². The fourth-order valence-corrected chi connectivity index (χ4v) is 2.69. The van der Waals surface area contributed by atoms with Gasteiger partial charge in [-0.2, -0.15) is 0 Å². The van der Waals surface area contributed by atoms with Crippen molar-refractivity contribution in [3.8, 4) is 0 Å². The Hall–Kier alpha value is -1.43. The molecular formula is C14H25N5O. The first kappa shape index (κ1) is 15.0. The highest BCUT2D eigenvalue weighted by Crippen LogP contribution is 2.16. The van der Waals surface area contributed by atoms with Crippen molar-refractivity contribution in [3.05, 3.63) is 11.6 Å². The van der Waals surface area contributed by atoms with Crippen molar-refractivity contribution in [1.82, 2.24) is 25.0 Å². The van der Waals surface area contributed by atoms with Gasteiger partial charge in [-0.15, -0.1) is 5.10 Å². The number of H-pyrrole nitrogens is 1. The van der Waals surface area contributed by atoms with Crippen molar-refractivity contribution in [3.63, 3.8) is 0 Å². The predicted octanol–water partition coefficient (Wildman–Crippen LogP) is 1.31. The van der Waals surface area contributed by atoms with E-state index < -0.39 is 0 Å². The molecule has 1 saturated heterocycles. The largest absolute Gasteiger partial charge is 0.336 e.